The number of carbonyl (C=O) groups is 1. The molecular weight excluding hydrogens is 230 g/mol. The number of amidine groups is 1. The minimum Gasteiger partial charge on any atom is -0.409 e. The van der Waals surface area contributed by atoms with Crippen LogP contribution >= 0.6 is 0 Å². The maximum atomic E-state index is 12.2. The normalized spacial score (nSPS) is 12.3. The molecule has 5 nitrogen and oxygen atoms in total. The summed E-state index contributed by atoms with van der Waals surface area (Å²) in [6.45, 7) is 7.04. The van der Waals surface area contributed by atoms with E-state index < -0.39 is 5.41 Å². The van der Waals surface area contributed by atoms with Gasteiger partial charge in [0.1, 0.15) is 5.41 Å². The molecule has 18 heavy (non-hydrogen) atoms. The Balaban J connectivity index is 3.02. The Hall–Kier alpha value is -2.04. The molecule has 5 heteroatoms. The Labute approximate surface area is 107 Å². The van der Waals surface area contributed by atoms with Crippen molar-refractivity contribution in [1.29, 1.82) is 0 Å². The minimum absolute atomic E-state index is 0.119. The quantitative estimate of drug-likeness (QED) is 0.331. The van der Waals surface area contributed by atoms with Crippen molar-refractivity contribution < 1.29 is 10.0 Å². The lowest BCUT2D eigenvalue weighted by atomic mass is 9.90. The van der Waals surface area contributed by atoms with Crippen molar-refractivity contribution in [3.8, 4) is 0 Å². The van der Waals surface area contributed by atoms with Gasteiger partial charge in [-0.25, -0.2) is 0 Å². The summed E-state index contributed by atoms with van der Waals surface area (Å²) in [7, 11) is 0. The van der Waals surface area contributed by atoms with Gasteiger partial charge < -0.3 is 16.3 Å². The molecule has 1 aromatic carbocycles. The van der Waals surface area contributed by atoms with E-state index >= 15 is 0 Å². The SMILES string of the molecule is Cc1cccc(C)c1NC(=O)C(C)(C)C(N)=NO. The fraction of sp³-hybridized carbons (Fsp3) is 0.385. The standard InChI is InChI=1S/C13H19N3O2/c1-8-6-5-7-9(2)10(8)15-12(17)13(3,4)11(14)16-18/h5-7,18H,1-4H3,(H2,14,16)(H,15,17). The van der Waals surface area contributed by atoms with Gasteiger partial charge in [0, 0.05) is 5.69 Å². The van der Waals surface area contributed by atoms with E-state index in [1.54, 1.807) is 13.8 Å². The summed E-state index contributed by atoms with van der Waals surface area (Å²) >= 11 is 0. The third-order valence-corrected chi connectivity index (χ3v) is 3.04. The van der Waals surface area contributed by atoms with Gasteiger partial charge in [-0.3, -0.25) is 4.79 Å². The summed E-state index contributed by atoms with van der Waals surface area (Å²) < 4.78 is 0. The van der Waals surface area contributed by atoms with Crippen molar-refractivity contribution in [3.05, 3.63) is 29.3 Å². The van der Waals surface area contributed by atoms with E-state index in [9.17, 15) is 4.79 Å². The zero-order chi connectivity index (χ0) is 13.9. The first-order valence-corrected chi connectivity index (χ1v) is 5.66. The Kier molecular flexibility index (Phi) is 3.96. The topological polar surface area (TPSA) is 87.7 Å². The highest BCUT2D eigenvalue weighted by Gasteiger charge is 2.33. The molecule has 1 amide bonds. The first-order chi connectivity index (χ1) is 8.30. The highest BCUT2D eigenvalue weighted by molar-refractivity contribution is 6.11. The summed E-state index contributed by atoms with van der Waals surface area (Å²) in [6, 6.07) is 5.76. The highest BCUT2D eigenvalue weighted by atomic mass is 16.4. The molecule has 0 aromatic heterocycles. The zero-order valence-corrected chi connectivity index (χ0v) is 11.1. The van der Waals surface area contributed by atoms with E-state index in [2.05, 4.69) is 10.5 Å². The number of oxime groups is 1. The first-order valence-electron chi connectivity index (χ1n) is 5.66. The Morgan fingerprint density at radius 1 is 1.33 bits per heavy atom. The van der Waals surface area contributed by atoms with Gasteiger partial charge in [-0.1, -0.05) is 23.4 Å². The van der Waals surface area contributed by atoms with Gasteiger partial charge in [-0.2, -0.15) is 0 Å². The van der Waals surface area contributed by atoms with Gasteiger partial charge in [-0.05, 0) is 38.8 Å². The number of aryl methyl sites for hydroxylation is 2. The average molecular weight is 249 g/mol. The predicted molar refractivity (Wildman–Crippen MR) is 71.7 cm³/mol. The number of carbonyl (C=O) groups excluding carboxylic acids is 1. The molecule has 0 aliphatic rings. The number of hydrogen-bond acceptors (Lipinski definition) is 3. The van der Waals surface area contributed by atoms with E-state index in [-0.39, 0.29) is 11.7 Å². The predicted octanol–water partition coefficient (Wildman–Crippen LogP) is 2.01. The van der Waals surface area contributed by atoms with Crippen LogP contribution in [0, 0.1) is 19.3 Å². The monoisotopic (exact) mass is 249 g/mol. The lowest BCUT2D eigenvalue weighted by Crippen LogP contribution is -2.42. The molecule has 0 spiro atoms. The third kappa shape index (κ3) is 2.61. The zero-order valence-electron chi connectivity index (χ0n) is 11.1. The van der Waals surface area contributed by atoms with Crippen molar-refractivity contribution in [2.24, 2.45) is 16.3 Å². The van der Waals surface area contributed by atoms with Crippen LogP contribution in [-0.2, 0) is 4.79 Å². The second kappa shape index (κ2) is 5.08. The van der Waals surface area contributed by atoms with Crippen LogP contribution in [0.2, 0.25) is 0 Å². The van der Waals surface area contributed by atoms with E-state index in [1.165, 1.54) is 0 Å². The second-order valence-corrected chi connectivity index (χ2v) is 4.83. The maximum Gasteiger partial charge on any atom is 0.237 e. The summed E-state index contributed by atoms with van der Waals surface area (Å²) in [5.74, 6) is -0.429. The van der Waals surface area contributed by atoms with Crippen molar-refractivity contribution in [3.63, 3.8) is 0 Å². The molecule has 0 atom stereocenters. The van der Waals surface area contributed by atoms with Crippen LogP contribution in [0.15, 0.2) is 23.4 Å². The van der Waals surface area contributed by atoms with E-state index in [0.717, 1.165) is 16.8 Å². The Morgan fingerprint density at radius 2 is 1.83 bits per heavy atom. The number of amides is 1. The third-order valence-electron chi connectivity index (χ3n) is 3.04. The van der Waals surface area contributed by atoms with E-state index in [0.29, 0.717) is 0 Å². The van der Waals surface area contributed by atoms with Crippen LogP contribution in [0.3, 0.4) is 0 Å². The summed E-state index contributed by atoms with van der Waals surface area (Å²) in [5.41, 5.74) is 7.16. The van der Waals surface area contributed by atoms with Crippen LogP contribution in [0.5, 0.6) is 0 Å². The smallest absolute Gasteiger partial charge is 0.237 e. The largest absolute Gasteiger partial charge is 0.409 e. The van der Waals surface area contributed by atoms with Crippen molar-refractivity contribution in [2.45, 2.75) is 27.7 Å². The number of nitrogens with one attached hydrogen (secondary N) is 1. The second-order valence-electron chi connectivity index (χ2n) is 4.83. The van der Waals surface area contributed by atoms with Crippen LogP contribution < -0.4 is 11.1 Å². The van der Waals surface area contributed by atoms with Crippen LogP contribution in [-0.4, -0.2) is 17.0 Å². The fourth-order valence-electron chi connectivity index (χ4n) is 1.52. The van der Waals surface area contributed by atoms with Crippen LogP contribution in [0.1, 0.15) is 25.0 Å². The maximum absolute atomic E-state index is 12.2. The molecule has 0 heterocycles. The van der Waals surface area contributed by atoms with Gasteiger partial charge in [0.2, 0.25) is 5.91 Å². The molecule has 0 unspecified atom stereocenters. The fourth-order valence-corrected chi connectivity index (χ4v) is 1.52. The van der Waals surface area contributed by atoms with E-state index in [1.807, 2.05) is 32.0 Å². The van der Waals surface area contributed by atoms with Crippen LogP contribution in [0.4, 0.5) is 5.69 Å². The lowest BCUT2D eigenvalue weighted by molar-refractivity contribution is -0.121. The Bertz CT molecular complexity index is 473. The van der Waals surface area contributed by atoms with Gasteiger partial charge in [0.15, 0.2) is 5.84 Å². The number of hydrogen-bond donors (Lipinski definition) is 3. The average Bonchev–Trinajstić information content (AvgIpc) is 2.32. The van der Waals surface area contributed by atoms with Gasteiger partial charge in [0.05, 0.1) is 0 Å². The highest BCUT2D eigenvalue weighted by Crippen LogP contribution is 2.23. The molecule has 0 saturated carbocycles. The lowest BCUT2D eigenvalue weighted by Gasteiger charge is -2.23. The number of para-hydroxylation sites is 1. The number of benzene rings is 1. The molecular formula is C13H19N3O2. The molecule has 0 saturated heterocycles. The number of nitrogens with two attached hydrogens (primary N) is 1. The minimum atomic E-state index is -1.07. The summed E-state index contributed by atoms with van der Waals surface area (Å²) in [4.78, 5) is 12.2. The van der Waals surface area contributed by atoms with Crippen LogP contribution in [0.25, 0.3) is 0 Å². The van der Waals surface area contributed by atoms with Gasteiger partial charge >= 0.3 is 0 Å². The molecule has 0 aliphatic carbocycles. The molecule has 4 N–H and O–H groups in total. The molecule has 0 bridgehead atoms. The molecule has 1 aromatic rings. The molecule has 0 fully saturated rings. The number of rotatable bonds is 3. The molecule has 0 aliphatic heterocycles. The summed E-state index contributed by atoms with van der Waals surface area (Å²) in [6.07, 6.45) is 0. The van der Waals surface area contributed by atoms with Crippen molar-refractivity contribution >= 4 is 17.4 Å². The van der Waals surface area contributed by atoms with Crippen molar-refractivity contribution in [2.75, 3.05) is 5.32 Å². The first kappa shape index (κ1) is 14.0. The van der Waals surface area contributed by atoms with Crippen molar-refractivity contribution in [1.82, 2.24) is 0 Å². The molecule has 98 valence electrons. The number of anilines is 1. The van der Waals surface area contributed by atoms with Gasteiger partial charge in [0.25, 0.3) is 0 Å². The Morgan fingerprint density at radius 3 is 2.28 bits per heavy atom. The number of nitrogens with zero attached hydrogens (tertiary/aromatic N) is 1. The molecule has 1 rings (SSSR count). The summed E-state index contributed by atoms with van der Waals surface area (Å²) in [5, 5.41) is 14.4. The van der Waals surface area contributed by atoms with Gasteiger partial charge in [-0.15, -0.1) is 0 Å². The molecule has 0 radical (unpaired) electrons. The van der Waals surface area contributed by atoms with E-state index in [4.69, 9.17) is 10.9 Å².